The molecule has 0 bridgehead atoms. The van der Waals surface area contributed by atoms with Gasteiger partial charge in [0.25, 0.3) is 0 Å². The van der Waals surface area contributed by atoms with Crippen molar-refractivity contribution in [1.29, 1.82) is 0 Å². The quantitative estimate of drug-likeness (QED) is 0.392. The van der Waals surface area contributed by atoms with Gasteiger partial charge < -0.3 is 9.16 Å². The van der Waals surface area contributed by atoms with Gasteiger partial charge in [0, 0.05) is 12.7 Å². The highest BCUT2D eigenvalue weighted by atomic mass is 28.4. The molecule has 0 heterocycles. The largest absolute Gasteiger partial charge is 0.460 e. The van der Waals surface area contributed by atoms with Crippen molar-refractivity contribution in [2.24, 2.45) is 0 Å². The average molecular weight is 244 g/mol. The van der Waals surface area contributed by atoms with Gasteiger partial charge in [-0.05, 0) is 25.9 Å². The Morgan fingerprint density at radius 3 is 2.31 bits per heavy atom. The second kappa shape index (κ2) is 6.86. The molecule has 0 aromatic carbocycles. The molecule has 0 aromatic heterocycles. The number of rotatable bonds is 7. The molecule has 94 valence electrons. The molecular formula is C12H24O3Si. The Morgan fingerprint density at radius 1 is 1.44 bits per heavy atom. The minimum Gasteiger partial charge on any atom is -0.460 e. The minimum absolute atomic E-state index is 0.119. The molecule has 0 aliphatic rings. The van der Waals surface area contributed by atoms with Gasteiger partial charge in [0.05, 0.1) is 0 Å². The van der Waals surface area contributed by atoms with E-state index in [0.717, 1.165) is 18.5 Å². The fourth-order valence-corrected chi connectivity index (χ4v) is 5.20. The number of carbonyl (C=O) groups is 1. The van der Waals surface area contributed by atoms with Gasteiger partial charge in [-0.1, -0.05) is 26.8 Å². The molecule has 0 N–H and O–H groups in total. The molecule has 4 heteroatoms. The van der Waals surface area contributed by atoms with E-state index in [2.05, 4.69) is 20.4 Å². The van der Waals surface area contributed by atoms with Crippen LogP contribution in [0.15, 0.2) is 12.2 Å². The van der Waals surface area contributed by atoms with Crippen LogP contribution >= 0.6 is 0 Å². The predicted molar refractivity (Wildman–Crippen MR) is 68.7 cm³/mol. The maximum atomic E-state index is 11.5. The van der Waals surface area contributed by atoms with Crippen molar-refractivity contribution in [3.63, 3.8) is 0 Å². The molecule has 0 rings (SSSR count). The van der Waals surface area contributed by atoms with Crippen LogP contribution in [-0.4, -0.2) is 27.1 Å². The summed E-state index contributed by atoms with van der Waals surface area (Å²) >= 11 is 0. The smallest absolute Gasteiger partial charge is 0.333 e. The highest BCUT2D eigenvalue weighted by Gasteiger charge is 2.40. The Balaban J connectivity index is 4.67. The van der Waals surface area contributed by atoms with Crippen molar-refractivity contribution in [2.75, 3.05) is 7.11 Å². The Kier molecular flexibility index (Phi) is 6.60. The molecule has 2 unspecified atom stereocenters. The lowest BCUT2D eigenvalue weighted by Gasteiger charge is -2.33. The molecule has 3 nitrogen and oxygen atoms in total. The number of esters is 1. The molecule has 0 amide bonds. The van der Waals surface area contributed by atoms with Gasteiger partial charge in [-0.3, -0.25) is 0 Å². The first-order valence-electron chi connectivity index (χ1n) is 5.85. The predicted octanol–water partition coefficient (Wildman–Crippen LogP) is 3.06. The third-order valence-electron chi connectivity index (χ3n) is 3.05. The molecule has 2 atom stereocenters. The number of hydrogen-bond donors (Lipinski definition) is 0. The van der Waals surface area contributed by atoms with Crippen LogP contribution in [0.4, 0.5) is 0 Å². The first-order chi connectivity index (χ1) is 7.43. The SMILES string of the molecule is C=C(C)C(=O)OC(C)[Si](CC)(CCC)OC. The van der Waals surface area contributed by atoms with Crippen molar-refractivity contribution >= 4 is 14.3 Å². The monoisotopic (exact) mass is 244 g/mol. The van der Waals surface area contributed by atoms with Crippen LogP contribution in [0.3, 0.4) is 0 Å². The van der Waals surface area contributed by atoms with E-state index in [1.165, 1.54) is 0 Å². The summed E-state index contributed by atoms with van der Waals surface area (Å²) in [4.78, 5) is 11.5. The fourth-order valence-electron chi connectivity index (χ4n) is 1.87. The molecule has 0 saturated heterocycles. The van der Waals surface area contributed by atoms with E-state index in [-0.39, 0.29) is 11.7 Å². The summed E-state index contributed by atoms with van der Waals surface area (Å²) in [5.41, 5.74) is 0.324. The van der Waals surface area contributed by atoms with Crippen molar-refractivity contribution in [3.8, 4) is 0 Å². The van der Waals surface area contributed by atoms with Gasteiger partial charge >= 0.3 is 5.97 Å². The second-order valence-corrected chi connectivity index (χ2v) is 8.76. The highest BCUT2D eigenvalue weighted by molar-refractivity contribution is 6.75. The van der Waals surface area contributed by atoms with Gasteiger partial charge in [-0.25, -0.2) is 4.79 Å². The molecule has 0 radical (unpaired) electrons. The van der Waals surface area contributed by atoms with Gasteiger partial charge in [-0.2, -0.15) is 0 Å². The lowest BCUT2D eigenvalue weighted by Crippen LogP contribution is -2.49. The van der Waals surface area contributed by atoms with Crippen LogP contribution in [0, 0.1) is 0 Å². The van der Waals surface area contributed by atoms with Crippen molar-refractivity contribution in [1.82, 2.24) is 0 Å². The third kappa shape index (κ3) is 3.76. The summed E-state index contributed by atoms with van der Waals surface area (Å²) in [6, 6.07) is 1.98. The van der Waals surface area contributed by atoms with Crippen molar-refractivity contribution in [2.45, 2.75) is 51.9 Å². The summed E-state index contributed by atoms with van der Waals surface area (Å²) in [7, 11) is -0.207. The van der Waals surface area contributed by atoms with E-state index in [1.807, 2.05) is 6.92 Å². The van der Waals surface area contributed by atoms with E-state index in [1.54, 1.807) is 14.0 Å². The van der Waals surface area contributed by atoms with Crippen LogP contribution in [0.25, 0.3) is 0 Å². The fraction of sp³-hybridized carbons (Fsp3) is 0.750. The highest BCUT2D eigenvalue weighted by Crippen LogP contribution is 2.25. The molecule has 0 aromatic rings. The standard InChI is InChI=1S/C12H24O3Si/c1-7-9-16(8-2,14-6)11(5)15-12(13)10(3)4/h11H,3,7-9H2,1-2,4-6H3. The lowest BCUT2D eigenvalue weighted by molar-refractivity contribution is -0.141. The van der Waals surface area contributed by atoms with Gasteiger partial charge in [-0.15, -0.1) is 0 Å². The van der Waals surface area contributed by atoms with Crippen LogP contribution < -0.4 is 0 Å². The molecule has 0 fully saturated rings. The third-order valence-corrected chi connectivity index (χ3v) is 8.01. The van der Waals surface area contributed by atoms with E-state index >= 15 is 0 Å². The van der Waals surface area contributed by atoms with Crippen molar-refractivity contribution in [3.05, 3.63) is 12.2 Å². The summed E-state index contributed by atoms with van der Waals surface area (Å²) in [5.74, 6) is -0.314. The molecule has 0 aliphatic carbocycles. The Hall–Kier alpha value is -0.613. The van der Waals surface area contributed by atoms with Gasteiger partial charge in [0.1, 0.15) is 5.73 Å². The van der Waals surface area contributed by atoms with E-state index in [9.17, 15) is 4.79 Å². The summed E-state index contributed by atoms with van der Waals surface area (Å²) < 4.78 is 11.1. The average Bonchev–Trinajstić information content (AvgIpc) is 2.25. The normalized spacial score (nSPS) is 16.3. The topological polar surface area (TPSA) is 35.5 Å². The first kappa shape index (κ1) is 15.4. The Labute approximate surface area is 100.0 Å². The number of carbonyl (C=O) groups excluding carboxylic acids is 1. The summed E-state index contributed by atoms with van der Waals surface area (Å²) in [6.07, 6.45) is 1.06. The first-order valence-corrected chi connectivity index (χ1v) is 8.25. The molecule has 0 aliphatic heterocycles. The molecule has 0 spiro atoms. The van der Waals surface area contributed by atoms with E-state index in [0.29, 0.717) is 5.57 Å². The Bertz CT molecular complexity index is 247. The summed E-state index contributed by atoms with van der Waals surface area (Å²) in [5, 5.41) is 0. The maximum absolute atomic E-state index is 11.5. The molecule has 16 heavy (non-hydrogen) atoms. The minimum atomic E-state index is -1.94. The molecule has 0 saturated carbocycles. The second-order valence-electron chi connectivity index (χ2n) is 4.20. The van der Waals surface area contributed by atoms with Crippen molar-refractivity contribution < 1.29 is 14.0 Å². The summed E-state index contributed by atoms with van der Waals surface area (Å²) in [6.45, 7) is 11.4. The van der Waals surface area contributed by atoms with Crippen LogP contribution in [-0.2, 0) is 14.0 Å². The number of ether oxygens (including phenoxy) is 1. The van der Waals surface area contributed by atoms with Gasteiger partial charge in [0.2, 0.25) is 8.32 Å². The number of hydrogen-bond acceptors (Lipinski definition) is 3. The van der Waals surface area contributed by atoms with Crippen LogP contribution in [0.2, 0.25) is 12.1 Å². The van der Waals surface area contributed by atoms with E-state index < -0.39 is 8.32 Å². The maximum Gasteiger partial charge on any atom is 0.333 e. The van der Waals surface area contributed by atoms with E-state index in [4.69, 9.17) is 9.16 Å². The zero-order valence-corrected chi connectivity index (χ0v) is 12.1. The Morgan fingerprint density at radius 2 is 2.00 bits per heavy atom. The lowest BCUT2D eigenvalue weighted by atomic mass is 10.4. The van der Waals surface area contributed by atoms with Gasteiger partial charge in [0.15, 0.2) is 0 Å². The van der Waals surface area contributed by atoms with Crippen LogP contribution in [0.1, 0.15) is 34.1 Å². The zero-order valence-electron chi connectivity index (χ0n) is 11.1. The zero-order chi connectivity index (χ0) is 12.8. The van der Waals surface area contributed by atoms with Crippen LogP contribution in [0.5, 0.6) is 0 Å². The molecular weight excluding hydrogens is 220 g/mol.